The number of rotatable bonds is 5. The van der Waals surface area contributed by atoms with Gasteiger partial charge in [-0.1, -0.05) is 19.9 Å². The van der Waals surface area contributed by atoms with Crippen molar-refractivity contribution in [1.29, 1.82) is 0 Å². The topological polar surface area (TPSA) is 101 Å². The highest BCUT2D eigenvalue weighted by Gasteiger charge is 2.19. The number of oxazole rings is 1. The van der Waals surface area contributed by atoms with E-state index in [9.17, 15) is 15.2 Å². The van der Waals surface area contributed by atoms with Gasteiger partial charge < -0.3 is 14.8 Å². The van der Waals surface area contributed by atoms with Gasteiger partial charge in [0.1, 0.15) is 0 Å². The molecule has 102 valence electrons. The van der Waals surface area contributed by atoms with Crippen molar-refractivity contribution in [3.63, 3.8) is 0 Å². The maximum absolute atomic E-state index is 10.9. The largest absolute Gasteiger partial charge is 0.423 e. The molecule has 2 rings (SSSR count). The first-order valence-electron chi connectivity index (χ1n) is 5.94. The summed E-state index contributed by atoms with van der Waals surface area (Å²) in [6, 6.07) is 4.50. The van der Waals surface area contributed by atoms with Gasteiger partial charge in [0.25, 0.3) is 11.7 Å². The van der Waals surface area contributed by atoms with E-state index < -0.39 is 4.92 Å². The Morgan fingerprint density at radius 3 is 2.84 bits per heavy atom. The van der Waals surface area contributed by atoms with Crippen LogP contribution in [-0.4, -0.2) is 27.7 Å². The van der Waals surface area contributed by atoms with Crippen LogP contribution >= 0.6 is 0 Å². The summed E-state index contributed by atoms with van der Waals surface area (Å²) < 4.78 is 5.40. The van der Waals surface area contributed by atoms with Crippen LogP contribution in [0.3, 0.4) is 0 Å². The maximum atomic E-state index is 10.9. The number of benzene rings is 1. The number of aliphatic hydroxyl groups is 1. The van der Waals surface area contributed by atoms with Crippen molar-refractivity contribution in [3.05, 3.63) is 28.3 Å². The number of nitrogens with zero attached hydrogens (tertiary/aromatic N) is 2. The zero-order valence-corrected chi connectivity index (χ0v) is 10.7. The fraction of sp³-hybridized carbons (Fsp3) is 0.417. The van der Waals surface area contributed by atoms with Gasteiger partial charge in [-0.05, 0) is 12.0 Å². The molecule has 0 saturated heterocycles. The summed E-state index contributed by atoms with van der Waals surface area (Å²) in [4.78, 5) is 14.4. The Kier molecular flexibility index (Phi) is 3.66. The molecule has 0 fully saturated rings. The van der Waals surface area contributed by atoms with Gasteiger partial charge >= 0.3 is 0 Å². The fourth-order valence-electron chi connectivity index (χ4n) is 1.72. The Morgan fingerprint density at radius 1 is 1.53 bits per heavy atom. The van der Waals surface area contributed by atoms with Crippen molar-refractivity contribution in [3.8, 4) is 0 Å². The van der Waals surface area contributed by atoms with E-state index >= 15 is 0 Å². The van der Waals surface area contributed by atoms with Crippen LogP contribution < -0.4 is 5.32 Å². The second kappa shape index (κ2) is 5.23. The second-order valence-electron chi connectivity index (χ2n) is 4.58. The number of hydrogen-bond donors (Lipinski definition) is 2. The smallest absolute Gasteiger partial charge is 0.298 e. The van der Waals surface area contributed by atoms with E-state index in [1.165, 1.54) is 6.07 Å². The molecule has 7 heteroatoms. The number of nitro benzene ring substituents is 1. The summed E-state index contributed by atoms with van der Waals surface area (Å²) in [7, 11) is 0. The third kappa shape index (κ3) is 2.65. The number of aromatic nitrogens is 1. The summed E-state index contributed by atoms with van der Waals surface area (Å²) in [6.07, 6.45) is 0. The Labute approximate surface area is 109 Å². The van der Waals surface area contributed by atoms with Gasteiger partial charge in [0, 0.05) is 6.07 Å². The van der Waals surface area contributed by atoms with Crippen molar-refractivity contribution in [2.75, 3.05) is 11.9 Å². The summed E-state index contributed by atoms with van der Waals surface area (Å²) >= 11 is 0. The van der Waals surface area contributed by atoms with Crippen LogP contribution in [0.1, 0.15) is 13.8 Å². The van der Waals surface area contributed by atoms with Gasteiger partial charge in [-0.3, -0.25) is 10.1 Å². The fourth-order valence-corrected chi connectivity index (χ4v) is 1.72. The molecule has 0 aliphatic rings. The van der Waals surface area contributed by atoms with E-state index in [4.69, 9.17) is 4.42 Å². The first-order chi connectivity index (χ1) is 9.02. The number of nitrogens with one attached hydrogen (secondary N) is 1. The maximum Gasteiger partial charge on any atom is 0.298 e. The minimum atomic E-state index is -0.499. The molecule has 1 atom stereocenters. The van der Waals surface area contributed by atoms with Gasteiger partial charge in [0.2, 0.25) is 0 Å². The van der Waals surface area contributed by atoms with Crippen molar-refractivity contribution in [2.24, 2.45) is 5.92 Å². The van der Waals surface area contributed by atoms with Crippen LogP contribution in [0.15, 0.2) is 22.6 Å². The molecule has 2 aromatic rings. The zero-order chi connectivity index (χ0) is 14.0. The quantitative estimate of drug-likeness (QED) is 0.634. The Bertz CT molecular complexity index is 594. The lowest BCUT2D eigenvalue weighted by Crippen LogP contribution is -2.29. The van der Waals surface area contributed by atoms with Crippen molar-refractivity contribution in [1.82, 2.24) is 4.98 Å². The van der Waals surface area contributed by atoms with E-state index in [1.807, 2.05) is 13.8 Å². The van der Waals surface area contributed by atoms with Gasteiger partial charge in [0.05, 0.1) is 17.6 Å². The van der Waals surface area contributed by atoms with E-state index in [0.717, 1.165) is 0 Å². The Morgan fingerprint density at radius 2 is 2.26 bits per heavy atom. The van der Waals surface area contributed by atoms with Crippen molar-refractivity contribution < 1.29 is 14.4 Å². The number of aliphatic hydroxyl groups excluding tert-OH is 1. The van der Waals surface area contributed by atoms with E-state index in [2.05, 4.69) is 10.3 Å². The summed E-state index contributed by atoms with van der Waals surface area (Å²) in [6.45, 7) is 3.82. The van der Waals surface area contributed by atoms with Crippen molar-refractivity contribution in [2.45, 2.75) is 19.9 Å². The SMILES string of the molecule is CC(C)C(CO)Nc1nc2c([N+](=O)[O-])cccc2o1. The predicted molar refractivity (Wildman–Crippen MR) is 70.0 cm³/mol. The number of non-ortho nitro benzene ring substituents is 1. The number of hydrogen-bond acceptors (Lipinski definition) is 6. The Balaban J connectivity index is 2.36. The summed E-state index contributed by atoms with van der Waals surface area (Å²) in [5.74, 6) is 0.176. The van der Waals surface area contributed by atoms with Crippen molar-refractivity contribution >= 4 is 22.8 Å². The molecule has 19 heavy (non-hydrogen) atoms. The van der Waals surface area contributed by atoms with Crippen LogP contribution in [0.4, 0.5) is 11.7 Å². The number of anilines is 1. The lowest BCUT2D eigenvalue weighted by molar-refractivity contribution is -0.383. The monoisotopic (exact) mass is 265 g/mol. The van der Waals surface area contributed by atoms with Gasteiger partial charge in [-0.25, -0.2) is 0 Å². The number of nitro groups is 1. The molecule has 1 unspecified atom stereocenters. The predicted octanol–water partition coefficient (Wildman–Crippen LogP) is 2.16. The highest BCUT2D eigenvalue weighted by Crippen LogP contribution is 2.27. The van der Waals surface area contributed by atoms with Crippen LogP contribution in [0.25, 0.3) is 11.1 Å². The molecule has 1 aromatic heterocycles. The summed E-state index contributed by atoms with van der Waals surface area (Å²) in [5.41, 5.74) is 0.451. The second-order valence-corrected chi connectivity index (χ2v) is 4.58. The van der Waals surface area contributed by atoms with Gasteiger partial charge in [-0.15, -0.1) is 0 Å². The minimum Gasteiger partial charge on any atom is -0.423 e. The van der Waals surface area contributed by atoms with Gasteiger partial charge in [0.15, 0.2) is 11.1 Å². The molecule has 0 aliphatic heterocycles. The van der Waals surface area contributed by atoms with Crippen LogP contribution in [0, 0.1) is 16.0 Å². The third-order valence-electron chi connectivity index (χ3n) is 2.90. The lowest BCUT2D eigenvalue weighted by atomic mass is 10.1. The zero-order valence-electron chi connectivity index (χ0n) is 10.7. The minimum absolute atomic E-state index is 0.0709. The molecule has 0 spiro atoms. The molecule has 1 aromatic carbocycles. The third-order valence-corrected chi connectivity index (χ3v) is 2.90. The normalized spacial score (nSPS) is 12.8. The standard InChI is InChI=1S/C12H15N3O4/c1-7(2)8(6-16)13-12-14-11-9(15(17)18)4-3-5-10(11)19-12/h3-5,7-8,16H,6H2,1-2H3,(H,13,14). The van der Waals surface area contributed by atoms with E-state index in [0.29, 0.717) is 5.58 Å². The van der Waals surface area contributed by atoms with Crippen LogP contribution in [0.2, 0.25) is 0 Å². The number of fused-ring (bicyclic) bond motifs is 1. The Hall–Kier alpha value is -2.15. The molecular weight excluding hydrogens is 250 g/mol. The van der Waals surface area contributed by atoms with Gasteiger partial charge in [-0.2, -0.15) is 4.98 Å². The van der Waals surface area contributed by atoms with Crippen LogP contribution in [0.5, 0.6) is 0 Å². The molecule has 0 aliphatic carbocycles. The average molecular weight is 265 g/mol. The molecule has 2 N–H and O–H groups in total. The lowest BCUT2D eigenvalue weighted by Gasteiger charge is -2.18. The molecular formula is C12H15N3O4. The average Bonchev–Trinajstić information content (AvgIpc) is 2.77. The molecule has 0 saturated carbocycles. The van der Waals surface area contributed by atoms with E-state index in [-0.39, 0.29) is 35.8 Å². The highest BCUT2D eigenvalue weighted by molar-refractivity contribution is 5.84. The molecule has 1 heterocycles. The molecule has 0 radical (unpaired) electrons. The van der Waals surface area contributed by atoms with Crippen LogP contribution in [-0.2, 0) is 0 Å². The highest BCUT2D eigenvalue weighted by atomic mass is 16.6. The molecule has 7 nitrogen and oxygen atoms in total. The number of para-hydroxylation sites is 1. The summed E-state index contributed by atoms with van der Waals surface area (Å²) in [5, 5.41) is 23.0. The first-order valence-corrected chi connectivity index (χ1v) is 5.94. The molecule has 0 bridgehead atoms. The first kappa shape index (κ1) is 13.3. The molecule has 0 amide bonds. The van der Waals surface area contributed by atoms with E-state index in [1.54, 1.807) is 12.1 Å².